The molecule has 0 unspecified atom stereocenters. The van der Waals surface area contributed by atoms with E-state index < -0.39 is 0 Å². The molecule has 0 N–H and O–H groups in total. The molecule has 0 rings (SSSR count). The Balaban J connectivity index is 4.09. The van der Waals surface area contributed by atoms with Crippen LogP contribution in [0.25, 0.3) is 0 Å². The second-order valence-electron chi connectivity index (χ2n) is 4.61. The molecule has 0 saturated heterocycles. The Morgan fingerprint density at radius 1 is 1.00 bits per heavy atom. The molecule has 0 atom stereocenters. The molecule has 0 fully saturated rings. The molecule has 0 aromatic rings. The number of allylic oxidation sites excluding steroid dienone is 2. The molecule has 0 aliphatic carbocycles. The van der Waals surface area contributed by atoms with E-state index in [0.29, 0.717) is 0 Å². The SMILES string of the molecule is CC(C)=C(CCC(C)C)C(C)C. The highest BCUT2D eigenvalue weighted by atomic mass is 14.1. The zero-order chi connectivity index (χ0) is 9.72. The van der Waals surface area contributed by atoms with Crippen LogP contribution in [0.15, 0.2) is 11.1 Å². The van der Waals surface area contributed by atoms with Gasteiger partial charge in [0.2, 0.25) is 0 Å². The molecule has 0 nitrogen and oxygen atoms in total. The molecule has 0 heteroatoms. The quantitative estimate of drug-likeness (QED) is 0.545. The highest BCUT2D eigenvalue weighted by Gasteiger charge is 2.05. The largest absolute Gasteiger partial charge is 0.0770 e. The first-order valence-corrected chi connectivity index (χ1v) is 5.11. The lowest BCUT2D eigenvalue weighted by atomic mass is 9.92. The molecular weight excluding hydrogens is 144 g/mol. The molecule has 0 aromatic carbocycles. The lowest BCUT2D eigenvalue weighted by Crippen LogP contribution is -1.99. The molecular formula is C12H24. The van der Waals surface area contributed by atoms with Gasteiger partial charge in [-0.15, -0.1) is 0 Å². The van der Waals surface area contributed by atoms with Crippen LogP contribution in [0.2, 0.25) is 0 Å². The van der Waals surface area contributed by atoms with E-state index in [4.69, 9.17) is 0 Å². The second-order valence-corrected chi connectivity index (χ2v) is 4.61. The maximum absolute atomic E-state index is 2.29. The van der Waals surface area contributed by atoms with Gasteiger partial charge in [-0.3, -0.25) is 0 Å². The van der Waals surface area contributed by atoms with Crippen LogP contribution in [0.3, 0.4) is 0 Å². The summed E-state index contributed by atoms with van der Waals surface area (Å²) < 4.78 is 0. The Morgan fingerprint density at radius 2 is 1.50 bits per heavy atom. The van der Waals surface area contributed by atoms with Crippen molar-refractivity contribution in [1.82, 2.24) is 0 Å². The zero-order valence-electron chi connectivity index (χ0n) is 9.57. The van der Waals surface area contributed by atoms with Crippen molar-refractivity contribution < 1.29 is 0 Å². The van der Waals surface area contributed by atoms with Crippen LogP contribution in [-0.2, 0) is 0 Å². The summed E-state index contributed by atoms with van der Waals surface area (Å²) in [6, 6.07) is 0. The minimum Gasteiger partial charge on any atom is -0.0770 e. The van der Waals surface area contributed by atoms with E-state index in [1.54, 1.807) is 5.57 Å². The van der Waals surface area contributed by atoms with Crippen molar-refractivity contribution in [2.45, 2.75) is 54.4 Å². The summed E-state index contributed by atoms with van der Waals surface area (Å²) in [6.45, 7) is 13.6. The fourth-order valence-electron chi connectivity index (χ4n) is 1.56. The Bertz CT molecular complexity index is 145. The first-order valence-electron chi connectivity index (χ1n) is 5.11. The van der Waals surface area contributed by atoms with E-state index in [9.17, 15) is 0 Å². The monoisotopic (exact) mass is 168 g/mol. The maximum Gasteiger partial charge on any atom is -0.0258 e. The third-order valence-corrected chi connectivity index (χ3v) is 2.33. The minimum absolute atomic E-state index is 0.730. The van der Waals surface area contributed by atoms with Crippen LogP contribution in [0, 0.1) is 11.8 Å². The molecule has 0 radical (unpaired) electrons. The molecule has 0 saturated carbocycles. The van der Waals surface area contributed by atoms with Crippen molar-refractivity contribution in [2.75, 3.05) is 0 Å². The van der Waals surface area contributed by atoms with Gasteiger partial charge < -0.3 is 0 Å². The molecule has 0 aromatic heterocycles. The Kier molecular flexibility index (Phi) is 5.28. The van der Waals surface area contributed by atoms with Gasteiger partial charge in [0.05, 0.1) is 0 Å². The summed E-state index contributed by atoms with van der Waals surface area (Å²) in [5, 5.41) is 0. The van der Waals surface area contributed by atoms with Gasteiger partial charge in [-0.05, 0) is 38.5 Å². The number of rotatable bonds is 4. The van der Waals surface area contributed by atoms with E-state index in [0.717, 1.165) is 11.8 Å². The Morgan fingerprint density at radius 3 is 1.75 bits per heavy atom. The highest BCUT2D eigenvalue weighted by molar-refractivity contribution is 5.11. The van der Waals surface area contributed by atoms with E-state index in [1.807, 2.05) is 0 Å². The minimum atomic E-state index is 0.730. The van der Waals surface area contributed by atoms with Gasteiger partial charge in [-0.25, -0.2) is 0 Å². The third kappa shape index (κ3) is 4.58. The molecule has 0 heterocycles. The molecule has 12 heavy (non-hydrogen) atoms. The third-order valence-electron chi connectivity index (χ3n) is 2.33. The number of hydrogen-bond acceptors (Lipinski definition) is 0. The summed E-state index contributed by atoms with van der Waals surface area (Å²) in [6.07, 6.45) is 2.62. The van der Waals surface area contributed by atoms with Crippen molar-refractivity contribution >= 4 is 0 Å². The normalized spacial score (nSPS) is 11.0. The lowest BCUT2D eigenvalue weighted by Gasteiger charge is -2.15. The second kappa shape index (κ2) is 5.40. The van der Waals surface area contributed by atoms with Crippen LogP contribution in [0.1, 0.15) is 54.4 Å². The molecule has 0 aliphatic rings. The van der Waals surface area contributed by atoms with Crippen LogP contribution < -0.4 is 0 Å². The average molecular weight is 168 g/mol. The zero-order valence-corrected chi connectivity index (χ0v) is 9.57. The van der Waals surface area contributed by atoms with Gasteiger partial charge in [0, 0.05) is 0 Å². The van der Waals surface area contributed by atoms with Crippen molar-refractivity contribution in [2.24, 2.45) is 11.8 Å². The van der Waals surface area contributed by atoms with Crippen molar-refractivity contribution in [3.63, 3.8) is 0 Å². The van der Waals surface area contributed by atoms with E-state index >= 15 is 0 Å². The van der Waals surface area contributed by atoms with Crippen molar-refractivity contribution in [3.05, 3.63) is 11.1 Å². The van der Waals surface area contributed by atoms with Crippen LogP contribution in [0.5, 0.6) is 0 Å². The van der Waals surface area contributed by atoms with E-state index in [1.165, 1.54) is 18.4 Å². The summed E-state index contributed by atoms with van der Waals surface area (Å²) in [5.41, 5.74) is 3.18. The Hall–Kier alpha value is -0.260. The fraction of sp³-hybridized carbons (Fsp3) is 0.833. The van der Waals surface area contributed by atoms with Gasteiger partial charge in [0.15, 0.2) is 0 Å². The van der Waals surface area contributed by atoms with Crippen LogP contribution in [-0.4, -0.2) is 0 Å². The maximum atomic E-state index is 2.29. The van der Waals surface area contributed by atoms with Crippen LogP contribution >= 0.6 is 0 Å². The van der Waals surface area contributed by atoms with Gasteiger partial charge in [0.1, 0.15) is 0 Å². The predicted octanol–water partition coefficient (Wildman–Crippen LogP) is 4.42. The summed E-state index contributed by atoms with van der Waals surface area (Å²) in [4.78, 5) is 0. The van der Waals surface area contributed by atoms with Gasteiger partial charge in [0.25, 0.3) is 0 Å². The average Bonchev–Trinajstić information content (AvgIpc) is 1.84. The van der Waals surface area contributed by atoms with Gasteiger partial charge in [-0.2, -0.15) is 0 Å². The standard InChI is InChI=1S/C12H24/c1-9(2)7-8-12(10(3)4)11(5)6/h9-10H,7-8H2,1-6H3. The number of hydrogen-bond donors (Lipinski definition) is 0. The first-order chi connectivity index (χ1) is 5.45. The summed E-state index contributed by atoms with van der Waals surface area (Å²) in [5.74, 6) is 1.56. The van der Waals surface area contributed by atoms with E-state index in [2.05, 4.69) is 41.5 Å². The summed E-state index contributed by atoms with van der Waals surface area (Å²) >= 11 is 0. The molecule has 72 valence electrons. The van der Waals surface area contributed by atoms with Gasteiger partial charge in [-0.1, -0.05) is 38.8 Å². The summed E-state index contributed by atoms with van der Waals surface area (Å²) in [7, 11) is 0. The molecule has 0 aliphatic heterocycles. The molecule has 0 spiro atoms. The van der Waals surface area contributed by atoms with Crippen LogP contribution in [0.4, 0.5) is 0 Å². The fourth-order valence-corrected chi connectivity index (χ4v) is 1.56. The Labute approximate surface area is 78.1 Å². The molecule has 0 amide bonds. The van der Waals surface area contributed by atoms with E-state index in [-0.39, 0.29) is 0 Å². The van der Waals surface area contributed by atoms with Crippen molar-refractivity contribution in [1.29, 1.82) is 0 Å². The van der Waals surface area contributed by atoms with Gasteiger partial charge >= 0.3 is 0 Å². The smallest absolute Gasteiger partial charge is 0.0258 e. The lowest BCUT2D eigenvalue weighted by molar-refractivity contribution is 0.556. The molecule has 0 bridgehead atoms. The van der Waals surface area contributed by atoms with Crippen molar-refractivity contribution in [3.8, 4) is 0 Å². The topological polar surface area (TPSA) is 0 Å². The predicted molar refractivity (Wildman–Crippen MR) is 57.3 cm³/mol. The first kappa shape index (κ1) is 11.7. The highest BCUT2D eigenvalue weighted by Crippen LogP contribution is 2.22.